The lowest BCUT2D eigenvalue weighted by molar-refractivity contribution is 0.1000. The topological polar surface area (TPSA) is 82.5 Å². The highest BCUT2D eigenvalue weighted by molar-refractivity contribution is 5.92. The molecule has 0 saturated carbocycles. The van der Waals surface area contributed by atoms with Gasteiger partial charge in [-0.25, -0.2) is 4.79 Å². The van der Waals surface area contributed by atoms with E-state index in [9.17, 15) is 9.59 Å². The Kier molecular flexibility index (Phi) is 4.84. The molecule has 0 aliphatic heterocycles. The summed E-state index contributed by atoms with van der Waals surface area (Å²) >= 11 is 0. The first-order chi connectivity index (χ1) is 12.1. The highest BCUT2D eigenvalue weighted by atomic mass is 16.5. The summed E-state index contributed by atoms with van der Waals surface area (Å²) in [5.41, 5.74) is 7.75. The highest BCUT2D eigenvalue weighted by Crippen LogP contribution is 2.24. The van der Waals surface area contributed by atoms with Crippen molar-refractivity contribution in [3.05, 3.63) is 75.6 Å². The van der Waals surface area contributed by atoms with Crippen molar-refractivity contribution < 1.29 is 13.9 Å². The molecule has 0 spiro atoms. The molecule has 128 valence electrons. The number of fused-ring (bicyclic) bond motifs is 1. The van der Waals surface area contributed by atoms with Gasteiger partial charge in [-0.1, -0.05) is 25.5 Å². The molecule has 25 heavy (non-hydrogen) atoms. The summed E-state index contributed by atoms with van der Waals surface area (Å²) in [7, 11) is 0. The first-order valence-electron chi connectivity index (χ1n) is 8.15. The van der Waals surface area contributed by atoms with Crippen LogP contribution in [-0.2, 0) is 13.0 Å². The van der Waals surface area contributed by atoms with Gasteiger partial charge in [-0.2, -0.15) is 0 Å². The fourth-order valence-electron chi connectivity index (χ4n) is 2.71. The second-order valence-corrected chi connectivity index (χ2v) is 5.85. The molecule has 0 radical (unpaired) electrons. The van der Waals surface area contributed by atoms with Gasteiger partial charge in [-0.05, 0) is 41.8 Å². The van der Waals surface area contributed by atoms with Crippen molar-refractivity contribution in [1.29, 1.82) is 0 Å². The second kappa shape index (κ2) is 7.21. The van der Waals surface area contributed by atoms with Crippen LogP contribution in [0.1, 0.15) is 34.8 Å². The van der Waals surface area contributed by atoms with Crippen LogP contribution in [0, 0.1) is 0 Å². The summed E-state index contributed by atoms with van der Waals surface area (Å²) in [5, 5.41) is 0.930. The molecule has 0 aliphatic rings. The van der Waals surface area contributed by atoms with E-state index in [1.165, 1.54) is 0 Å². The van der Waals surface area contributed by atoms with Gasteiger partial charge in [0.2, 0.25) is 5.91 Å². The molecular formula is C20H19NO4. The molecule has 0 saturated heterocycles. The molecule has 1 aromatic heterocycles. The first kappa shape index (κ1) is 16.8. The predicted molar refractivity (Wildman–Crippen MR) is 95.8 cm³/mol. The van der Waals surface area contributed by atoms with Crippen LogP contribution in [0.4, 0.5) is 0 Å². The third kappa shape index (κ3) is 3.88. The van der Waals surface area contributed by atoms with E-state index in [2.05, 4.69) is 6.92 Å². The number of hydrogen-bond donors (Lipinski definition) is 1. The number of rotatable bonds is 6. The van der Waals surface area contributed by atoms with Gasteiger partial charge in [0.1, 0.15) is 17.9 Å². The average molecular weight is 337 g/mol. The third-order valence-corrected chi connectivity index (χ3v) is 3.96. The van der Waals surface area contributed by atoms with E-state index in [-0.39, 0.29) is 5.63 Å². The van der Waals surface area contributed by atoms with Crippen molar-refractivity contribution in [2.45, 2.75) is 26.4 Å². The van der Waals surface area contributed by atoms with Crippen molar-refractivity contribution in [3.63, 3.8) is 0 Å². The van der Waals surface area contributed by atoms with E-state index in [0.29, 0.717) is 23.5 Å². The normalized spacial score (nSPS) is 10.8. The third-order valence-electron chi connectivity index (χ3n) is 3.96. The Labute approximate surface area is 145 Å². The molecule has 0 bridgehead atoms. The van der Waals surface area contributed by atoms with Crippen LogP contribution in [0.3, 0.4) is 0 Å². The molecule has 0 atom stereocenters. The van der Waals surface area contributed by atoms with E-state index in [1.807, 2.05) is 12.1 Å². The maximum atomic E-state index is 11.7. The van der Waals surface area contributed by atoms with Gasteiger partial charge in [-0.3, -0.25) is 4.79 Å². The van der Waals surface area contributed by atoms with Crippen LogP contribution in [0.2, 0.25) is 0 Å². The van der Waals surface area contributed by atoms with Crippen LogP contribution < -0.4 is 16.1 Å². The number of carbonyl (C=O) groups is 1. The van der Waals surface area contributed by atoms with Crippen LogP contribution >= 0.6 is 0 Å². The zero-order valence-electron chi connectivity index (χ0n) is 14.0. The molecule has 5 nitrogen and oxygen atoms in total. The number of ether oxygens (including phenoxy) is 1. The summed E-state index contributed by atoms with van der Waals surface area (Å²) < 4.78 is 11.1. The quantitative estimate of drug-likeness (QED) is 0.699. The summed E-state index contributed by atoms with van der Waals surface area (Å²) in [5.74, 6) is 0.156. The zero-order valence-corrected chi connectivity index (χ0v) is 14.0. The minimum absolute atomic E-state index is 0.337. The van der Waals surface area contributed by atoms with Crippen LogP contribution in [0.15, 0.2) is 57.7 Å². The van der Waals surface area contributed by atoms with Crippen molar-refractivity contribution in [2.75, 3.05) is 0 Å². The Morgan fingerprint density at radius 2 is 1.88 bits per heavy atom. The summed E-state index contributed by atoms with van der Waals surface area (Å²) in [6.07, 6.45) is 1.78. The monoisotopic (exact) mass is 337 g/mol. The summed E-state index contributed by atoms with van der Waals surface area (Å²) in [6.45, 7) is 2.41. The lowest BCUT2D eigenvalue weighted by Gasteiger charge is -2.09. The summed E-state index contributed by atoms with van der Waals surface area (Å²) in [4.78, 5) is 22.8. The molecule has 2 aromatic carbocycles. The van der Waals surface area contributed by atoms with E-state index in [1.54, 1.807) is 36.4 Å². The molecule has 0 fully saturated rings. The zero-order chi connectivity index (χ0) is 17.8. The number of hydrogen-bond acceptors (Lipinski definition) is 4. The minimum atomic E-state index is -0.458. The first-order valence-corrected chi connectivity index (χ1v) is 8.15. The Bertz CT molecular complexity index is 958. The van der Waals surface area contributed by atoms with Crippen molar-refractivity contribution in [1.82, 2.24) is 0 Å². The van der Waals surface area contributed by atoms with Crippen LogP contribution in [-0.4, -0.2) is 5.91 Å². The highest BCUT2D eigenvalue weighted by Gasteiger charge is 2.07. The molecule has 1 heterocycles. The van der Waals surface area contributed by atoms with Gasteiger partial charge in [0.05, 0.1) is 0 Å². The SMILES string of the molecule is CCCc1cc(=O)oc2cc(OCc3ccc(C(N)=O)cc3)ccc12. The smallest absolute Gasteiger partial charge is 0.336 e. The number of aryl methyl sites for hydroxylation is 1. The molecule has 5 heteroatoms. The van der Waals surface area contributed by atoms with Gasteiger partial charge >= 0.3 is 5.63 Å². The maximum Gasteiger partial charge on any atom is 0.336 e. The lowest BCUT2D eigenvalue weighted by atomic mass is 10.1. The molecule has 2 N–H and O–H groups in total. The van der Waals surface area contributed by atoms with E-state index < -0.39 is 5.91 Å². The number of benzene rings is 2. The van der Waals surface area contributed by atoms with Gasteiger partial charge in [0, 0.05) is 23.1 Å². The number of carbonyl (C=O) groups excluding carboxylic acids is 1. The Morgan fingerprint density at radius 1 is 1.12 bits per heavy atom. The average Bonchev–Trinajstić information content (AvgIpc) is 2.60. The minimum Gasteiger partial charge on any atom is -0.489 e. The molecule has 3 aromatic rings. The van der Waals surface area contributed by atoms with Gasteiger partial charge in [0.15, 0.2) is 0 Å². The standard InChI is InChI=1S/C20H19NO4/c1-2-3-15-10-19(22)25-18-11-16(8-9-17(15)18)24-12-13-4-6-14(7-5-13)20(21)23/h4-11H,2-3,12H2,1H3,(H2,21,23). The largest absolute Gasteiger partial charge is 0.489 e. The molecule has 3 rings (SSSR count). The van der Waals surface area contributed by atoms with E-state index >= 15 is 0 Å². The Balaban J connectivity index is 1.80. The Hall–Kier alpha value is -3.08. The lowest BCUT2D eigenvalue weighted by Crippen LogP contribution is -2.10. The van der Waals surface area contributed by atoms with Gasteiger partial charge in [0.25, 0.3) is 0 Å². The molecular weight excluding hydrogens is 318 g/mol. The number of amides is 1. The van der Waals surface area contributed by atoms with Crippen molar-refractivity contribution in [3.8, 4) is 5.75 Å². The van der Waals surface area contributed by atoms with E-state index in [4.69, 9.17) is 14.9 Å². The van der Waals surface area contributed by atoms with Gasteiger partial charge in [-0.15, -0.1) is 0 Å². The van der Waals surface area contributed by atoms with Crippen LogP contribution in [0.25, 0.3) is 11.0 Å². The predicted octanol–water partition coefficient (Wildman–Crippen LogP) is 3.42. The number of nitrogens with two attached hydrogens (primary N) is 1. The van der Waals surface area contributed by atoms with Crippen molar-refractivity contribution >= 4 is 16.9 Å². The van der Waals surface area contributed by atoms with Crippen LogP contribution in [0.5, 0.6) is 5.75 Å². The molecule has 0 aliphatic carbocycles. The fourth-order valence-corrected chi connectivity index (χ4v) is 2.71. The van der Waals surface area contributed by atoms with E-state index in [0.717, 1.165) is 29.4 Å². The number of primary amides is 1. The molecule has 1 amide bonds. The summed E-state index contributed by atoms with van der Waals surface area (Å²) in [6, 6.07) is 14.0. The van der Waals surface area contributed by atoms with Gasteiger partial charge < -0.3 is 14.9 Å². The maximum absolute atomic E-state index is 11.7. The fraction of sp³-hybridized carbons (Fsp3) is 0.200. The molecule has 0 unspecified atom stereocenters. The second-order valence-electron chi connectivity index (χ2n) is 5.85. The Morgan fingerprint density at radius 3 is 2.56 bits per heavy atom. The van der Waals surface area contributed by atoms with Crippen molar-refractivity contribution in [2.24, 2.45) is 5.73 Å².